The third-order valence-corrected chi connectivity index (χ3v) is 3.00. The van der Waals surface area contributed by atoms with Crippen molar-refractivity contribution in [2.24, 2.45) is 0 Å². The summed E-state index contributed by atoms with van der Waals surface area (Å²) in [6.45, 7) is 1.79. The van der Waals surface area contributed by atoms with Crippen molar-refractivity contribution in [3.05, 3.63) is 23.4 Å². The highest BCUT2D eigenvalue weighted by atomic mass is 35.5. The van der Waals surface area contributed by atoms with Gasteiger partial charge in [0.2, 0.25) is 0 Å². The van der Waals surface area contributed by atoms with E-state index in [0.29, 0.717) is 10.8 Å². The fourth-order valence-electron chi connectivity index (χ4n) is 1.21. The maximum Gasteiger partial charge on any atom is 0.149 e. The minimum atomic E-state index is -2.97. The van der Waals surface area contributed by atoms with E-state index < -0.39 is 9.84 Å². The first kappa shape index (κ1) is 12.3. The molecule has 0 aliphatic rings. The molecule has 1 N–H and O–H groups in total. The van der Waals surface area contributed by atoms with E-state index in [4.69, 9.17) is 11.6 Å². The Hall–Kier alpha value is -0.810. The number of rotatable bonds is 4. The van der Waals surface area contributed by atoms with Crippen LogP contribution < -0.4 is 5.32 Å². The number of aromatic nitrogens is 1. The Morgan fingerprint density at radius 2 is 2.20 bits per heavy atom. The van der Waals surface area contributed by atoms with E-state index in [1.807, 2.05) is 0 Å². The van der Waals surface area contributed by atoms with E-state index in [9.17, 15) is 8.42 Å². The maximum atomic E-state index is 11.0. The van der Waals surface area contributed by atoms with Gasteiger partial charge in [0, 0.05) is 18.5 Å². The van der Waals surface area contributed by atoms with Crippen molar-refractivity contribution >= 4 is 27.3 Å². The normalized spacial score (nSPS) is 13.5. The molecule has 0 saturated carbocycles. The van der Waals surface area contributed by atoms with Crippen molar-refractivity contribution in [3.63, 3.8) is 0 Å². The molecule has 1 atom stereocenters. The molecular formula is C9H13ClN2O2S. The minimum Gasteiger partial charge on any atom is -0.367 e. The van der Waals surface area contributed by atoms with Gasteiger partial charge in [0.1, 0.15) is 15.7 Å². The summed E-state index contributed by atoms with van der Waals surface area (Å²) in [6, 6.07) is 3.24. The highest BCUT2D eigenvalue weighted by molar-refractivity contribution is 7.90. The third kappa shape index (κ3) is 4.99. The summed E-state index contributed by atoms with van der Waals surface area (Å²) in [4.78, 5) is 4.01. The molecule has 0 radical (unpaired) electrons. The van der Waals surface area contributed by atoms with Crippen LogP contribution in [0.5, 0.6) is 0 Å². The number of pyridine rings is 1. The summed E-state index contributed by atoms with van der Waals surface area (Å²) < 4.78 is 22.0. The smallest absolute Gasteiger partial charge is 0.149 e. The van der Waals surface area contributed by atoms with Gasteiger partial charge in [-0.3, -0.25) is 0 Å². The van der Waals surface area contributed by atoms with Crippen LogP contribution in [0.15, 0.2) is 18.3 Å². The average Bonchev–Trinajstić information content (AvgIpc) is 2.05. The molecule has 84 valence electrons. The second-order valence-corrected chi connectivity index (χ2v) is 6.12. The molecule has 4 nitrogen and oxygen atoms in total. The molecule has 1 unspecified atom stereocenters. The Morgan fingerprint density at radius 3 is 2.67 bits per heavy atom. The van der Waals surface area contributed by atoms with Crippen molar-refractivity contribution in [2.45, 2.75) is 13.0 Å². The first-order valence-electron chi connectivity index (χ1n) is 4.42. The van der Waals surface area contributed by atoms with Crippen molar-refractivity contribution < 1.29 is 8.42 Å². The average molecular weight is 249 g/mol. The number of halogens is 1. The second-order valence-electron chi connectivity index (χ2n) is 3.50. The van der Waals surface area contributed by atoms with E-state index in [1.165, 1.54) is 12.5 Å². The predicted molar refractivity (Wildman–Crippen MR) is 62.0 cm³/mol. The van der Waals surface area contributed by atoms with Crippen LogP contribution in [0, 0.1) is 0 Å². The molecule has 0 aliphatic carbocycles. The Kier molecular flexibility index (Phi) is 3.93. The van der Waals surface area contributed by atoms with Crippen LogP contribution in [-0.4, -0.2) is 31.5 Å². The molecule has 0 bridgehead atoms. The summed E-state index contributed by atoms with van der Waals surface area (Å²) in [6.07, 6.45) is 2.72. The summed E-state index contributed by atoms with van der Waals surface area (Å²) in [5, 5.41) is 3.53. The van der Waals surface area contributed by atoms with Crippen LogP contribution >= 0.6 is 11.6 Å². The molecule has 6 heteroatoms. The monoisotopic (exact) mass is 248 g/mol. The summed E-state index contributed by atoms with van der Waals surface area (Å²) in [7, 11) is -2.97. The fourth-order valence-corrected chi connectivity index (χ4v) is 2.31. The Bertz CT molecular complexity index is 416. The zero-order chi connectivity index (χ0) is 11.5. The SMILES string of the molecule is CC(CS(C)(=O)=O)Nc1ccc(Cl)cn1. The van der Waals surface area contributed by atoms with Crippen LogP contribution in [0.3, 0.4) is 0 Å². The van der Waals surface area contributed by atoms with Crippen molar-refractivity contribution in [1.82, 2.24) is 4.98 Å². The van der Waals surface area contributed by atoms with Crippen molar-refractivity contribution in [1.29, 1.82) is 0 Å². The van der Waals surface area contributed by atoms with Crippen LogP contribution in [-0.2, 0) is 9.84 Å². The number of nitrogens with one attached hydrogen (secondary N) is 1. The van der Waals surface area contributed by atoms with Gasteiger partial charge in [0.05, 0.1) is 10.8 Å². The maximum absolute atomic E-state index is 11.0. The number of hydrogen-bond donors (Lipinski definition) is 1. The molecule has 0 spiro atoms. The lowest BCUT2D eigenvalue weighted by Gasteiger charge is -2.12. The van der Waals surface area contributed by atoms with Crippen LogP contribution in [0.1, 0.15) is 6.92 Å². The largest absolute Gasteiger partial charge is 0.367 e. The van der Waals surface area contributed by atoms with Gasteiger partial charge in [-0.2, -0.15) is 0 Å². The van der Waals surface area contributed by atoms with Gasteiger partial charge in [0.25, 0.3) is 0 Å². The zero-order valence-corrected chi connectivity index (χ0v) is 10.1. The lowest BCUT2D eigenvalue weighted by molar-refractivity contribution is 0.598. The molecular weight excluding hydrogens is 236 g/mol. The number of hydrogen-bond acceptors (Lipinski definition) is 4. The zero-order valence-electron chi connectivity index (χ0n) is 8.57. The van der Waals surface area contributed by atoms with Crippen molar-refractivity contribution in [2.75, 3.05) is 17.3 Å². The summed E-state index contributed by atoms with van der Waals surface area (Å²) >= 11 is 5.67. The van der Waals surface area contributed by atoms with E-state index in [-0.39, 0.29) is 11.8 Å². The number of anilines is 1. The molecule has 0 aliphatic heterocycles. The molecule has 1 rings (SSSR count). The fraction of sp³-hybridized carbons (Fsp3) is 0.444. The van der Waals surface area contributed by atoms with Gasteiger partial charge in [-0.1, -0.05) is 11.6 Å². The van der Waals surface area contributed by atoms with Gasteiger partial charge >= 0.3 is 0 Å². The molecule has 1 heterocycles. The van der Waals surface area contributed by atoms with Gasteiger partial charge in [-0.25, -0.2) is 13.4 Å². The number of sulfone groups is 1. The highest BCUT2D eigenvalue weighted by Crippen LogP contribution is 2.10. The molecule has 15 heavy (non-hydrogen) atoms. The third-order valence-electron chi connectivity index (χ3n) is 1.67. The first-order chi connectivity index (χ1) is 6.87. The molecule has 1 aromatic rings. The van der Waals surface area contributed by atoms with Crippen LogP contribution in [0.4, 0.5) is 5.82 Å². The molecule has 0 aromatic carbocycles. The standard InChI is InChI=1S/C9H13ClN2O2S/c1-7(6-15(2,13)14)12-9-4-3-8(10)5-11-9/h3-5,7H,6H2,1-2H3,(H,11,12). The lowest BCUT2D eigenvalue weighted by atomic mass is 10.4. The predicted octanol–water partition coefficient (Wildman–Crippen LogP) is 1.58. The Morgan fingerprint density at radius 1 is 1.53 bits per heavy atom. The van der Waals surface area contributed by atoms with Crippen LogP contribution in [0.25, 0.3) is 0 Å². The highest BCUT2D eigenvalue weighted by Gasteiger charge is 2.10. The van der Waals surface area contributed by atoms with E-state index >= 15 is 0 Å². The molecule has 0 amide bonds. The second kappa shape index (κ2) is 4.81. The quantitative estimate of drug-likeness (QED) is 0.879. The van der Waals surface area contributed by atoms with E-state index in [1.54, 1.807) is 19.1 Å². The van der Waals surface area contributed by atoms with E-state index in [0.717, 1.165) is 0 Å². The molecule has 0 fully saturated rings. The first-order valence-corrected chi connectivity index (χ1v) is 6.86. The number of nitrogens with zero attached hydrogens (tertiary/aromatic N) is 1. The Labute approximate surface area is 94.6 Å². The minimum absolute atomic E-state index is 0.0807. The van der Waals surface area contributed by atoms with E-state index in [2.05, 4.69) is 10.3 Å². The van der Waals surface area contributed by atoms with Gasteiger partial charge in [-0.15, -0.1) is 0 Å². The molecule has 0 saturated heterocycles. The summed E-state index contributed by atoms with van der Waals surface area (Å²) in [5.41, 5.74) is 0. The van der Waals surface area contributed by atoms with Gasteiger partial charge in [-0.05, 0) is 19.1 Å². The lowest BCUT2D eigenvalue weighted by Crippen LogP contribution is -2.25. The van der Waals surface area contributed by atoms with Gasteiger partial charge in [0.15, 0.2) is 0 Å². The van der Waals surface area contributed by atoms with Crippen LogP contribution in [0.2, 0.25) is 5.02 Å². The molecule has 1 aromatic heterocycles. The van der Waals surface area contributed by atoms with Gasteiger partial charge < -0.3 is 5.32 Å². The summed E-state index contributed by atoms with van der Waals surface area (Å²) in [5.74, 6) is 0.702. The Balaban J connectivity index is 2.59. The van der Waals surface area contributed by atoms with Crippen molar-refractivity contribution in [3.8, 4) is 0 Å². The topological polar surface area (TPSA) is 59.1 Å².